The van der Waals surface area contributed by atoms with Gasteiger partial charge in [-0.1, -0.05) is 34.8 Å². The highest BCUT2D eigenvalue weighted by Gasteiger charge is 2.15. The first kappa shape index (κ1) is 21.2. The molecule has 0 amide bonds. The van der Waals surface area contributed by atoms with E-state index in [1.54, 1.807) is 0 Å². The molecule has 0 aliphatic heterocycles. The maximum atomic E-state index is 12.4. The van der Waals surface area contributed by atoms with Crippen LogP contribution in [0, 0.1) is 0 Å². The summed E-state index contributed by atoms with van der Waals surface area (Å²) in [5.41, 5.74) is -0.465. The topological polar surface area (TPSA) is 97.3 Å². The van der Waals surface area contributed by atoms with Crippen molar-refractivity contribution in [3.05, 3.63) is 54.4 Å². The van der Waals surface area contributed by atoms with Crippen molar-refractivity contribution in [2.45, 2.75) is 6.54 Å². The van der Waals surface area contributed by atoms with E-state index in [1.807, 2.05) is 0 Å². The second-order valence-electron chi connectivity index (χ2n) is 6.02. The van der Waals surface area contributed by atoms with Crippen LogP contribution in [0.2, 0.25) is 15.1 Å². The number of ether oxygens (including phenoxy) is 2. The number of hydrogen-bond acceptors (Lipinski definition) is 6. The molecule has 0 spiro atoms. The lowest BCUT2D eigenvalue weighted by Crippen LogP contribution is -2.37. The van der Waals surface area contributed by atoms with Gasteiger partial charge in [-0.05, 0) is 6.07 Å². The molecule has 12 heteroatoms. The van der Waals surface area contributed by atoms with Crippen molar-refractivity contribution in [1.82, 2.24) is 18.7 Å². The molecule has 9 nitrogen and oxygen atoms in total. The predicted molar refractivity (Wildman–Crippen MR) is 108 cm³/mol. The molecule has 0 saturated heterocycles. The Labute approximate surface area is 178 Å². The zero-order valence-corrected chi connectivity index (χ0v) is 17.6. The number of aromatic nitrogens is 4. The molecule has 1 aromatic carbocycles. The summed E-state index contributed by atoms with van der Waals surface area (Å²) in [5.74, 6) is -0.445. The van der Waals surface area contributed by atoms with E-state index >= 15 is 0 Å². The predicted octanol–water partition coefficient (Wildman–Crippen LogP) is 2.02. The van der Waals surface area contributed by atoms with Gasteiger partial charge in [-0.2, -0.15) is 0 Å². The number of carbonyl (C=O) groups is 1. The Bertz CT molecular complexity index is 1210. The summed E-state index contributed by atoms with van der Waals surface area (Å²) in [6.07, 6.45) is 1.41. The summed E-state index contributed by atoms with van der Waals surface area (Å²) < 4.78 is 14.2. The van der Waals surface area contributed by atoms with Gasteiger partial charge >= 0.3 is 11.7 Å². The van der Waals surface area contributed by atoms with Crippen molar-refractivity contribution < 1.29 is 14.3 Å². The lowest BCUT2D eigenvalue weighted by molar-refractivity contribution is -0.146. The van der Waals surface area contributed by atoms with Gasteiger partial charge in [0, 0.05) is 20.2 Å². The number of imidazole rings is 1. The van der Waals surface area contributed by atoms with E-state index in [2.05, 4.69) is 4.98 Å². The Kier molecular flexibility index (Phi) is 6.21. The van der Waals surface area contributed by atoms with Crippen LogP contribution in [0.4, 0.5) is 0 Å². The van der Waals surface area contributed by atoms with E-state index in [0.29, 0.717) is 0 Å². The molecule has 2 aromatic heterocycles. The van der Waals surface area contributed by atoms with E-state index < -0.39 is 23.8 Å². The van der Waals surface area contributed by atoms with E-state index in [0.717, 1.165) is 4.57 Å². The summed E-state index contributed by atoms with van der Waals surface area (Å²) in [5, 5.41) is 0.712. The van der Waals surface area contributed by atoms with Gasteiger partial charge in [0.25, 0.3) is 5.56 Å². The molecule has 0 aliphatic rings. The van der Waals surface area contributed by atoms with Crippen LogP contribution in [0.15, 0.2) is 28.0 Å². The molecule has 0 unspecified atom stereocenters. The summed E-state index contributed by atoms with van der Waals surface area (Å²) in [6.45, 7) is -0.253. The van der Waals surface area contributed by atoms with Crippen LogP contribution in [0.5, 0.6) is 5.75 Å². The van der Waals surface area contributed by atoms with Crippen LogP contribution in [0.25, 0.3) is 11.2 Å². The number of halogens is 3. The van der Waals surface area contributed by atoms with Gasteiger partial charge in [0.1, 0.15) is 12.4 Å². The van der Waals surface area contributed by atoms with Crippen molar-refractivity contribution >= 4 is 51.9 Å². The molecule has 3 rings (SSSR count). The number of aryl methyl sites for hydroxylation is 1. The lowest BCUT2D eigenvalue weighted by Gasteiger charge is -2.10. The van der Waals surface area contributed by atoms with Crippen molar-refractivity contribution in [3.8, 4) is 5.75 Å². The third-order valence-corrected chi connectivity index (χ3v) is 5.15. The van der Waals surface area contributed by atoms with Crippen LogP contribution >= 0.6 is 34.8 Å². The molecule has 0 saturated carbocycles. The number of hydrogen-bond donors (Lipinski definition) is 0. The third-order valence-electron chi connectivity index (χ3n) is 4.13. The number of nitrogens with zero attached hydrogens (tertiary/aromatic N) is 4. The number of fused-ring (bicyclic) bond motifs is 1. The second-order valence-corrected chi connectivity index (χ2v) is 7.24. The lowest BCUT2D eigenvalue weighted by atomic mass is 10.3. The zero-order valence-electron chi connectivity index (χ0n) is 15.3. The molecular weight excluding hydrogens is 447 g/mol. The van der Waals surface area contributed by atoms with Crippen LogP contribution in [0.1, 0.15) is 0 Å². The molecule has 0 N–H and O–H groups in total. The number of rotatable bonds is 6. The SMILES string of the molecule is Cn1c(=O)c2c(ncn2CCOC(=O)COc2cc(Cl)c(Cl)cc2Cl)n(C)c1=O. The van der Waals surface area contributed by atoms with Gasteiger partial charge in [0.15, 0.2) is 17.8 Å². The summed E-state index contributed by atoms with van der Waals surface area (Å²) in [7, 11) is 2.90. The molecule has 0 fully saturated rings. The highest BCUT2D eigenvalue weighted by atomic mass is 35.5. The highest BCUT2D eigenvalue weighted by Crippen LogP contribution is 2.33. The van der Waals surface area contributed by atoms with Crippen molar-refractivity contribution in [3.63, 3.8) is 0 Å². The summed E-state index contributed by atoms with van der Waals surface area (Å²) >= 11 is 17.7. The van der Waals surface area contributed by atoms with Crippen LogP contribution in [-0.2, 0) is 30.2 Å². The van der Waals surface area contributed by atoms with Gasteiger partial charge in [-0.15, -0.1) is 0 Å². The van der Waals surface area contributed by atoms with Gasteiger partial charge < -0.3 is 14.0 Å². The molecule has 0 radical (unpaired) electrons. The van der Waals surface area contributed by atoms with Gasteiger partial charge in [0.2, 0.25) is 0 Å². The first-order valence-corrected chi connectivity index (χ1v) is 9.38. The first-order chi connectivity index (χ1) is 13.7. The maximum Gasteiger partial charge on any atom is 0.344 e. The van der Waals surface area contributed by atoms with Gasteiger partial charge in [-0.25, -0.2) is 14.6 Å². The van der Waals surface area contributed by atoms with Gasteiger partial charge in [-0.3, -0.25) is 13.9 Å². The van der Waals surface area contributed by atoms with Crippen LogP contribution in [-0.4, -0.2) is 37.9 Å². The number of carbonyl (C=O) groups excluding carboxylic acids is 1. The second kappa shape index (κ2) is 8.48. The Morgan fingerprint density at radius 3 is 2.48 bits per heavy atom. The summed E-state index contributed by atoms with van der Waals surface area (Å²) in [6, 6.07) is 2.81. The zero-order chi connectivity index (χ0) is 21.3. The average molecular weight is 462 g/mol. The molecule has 0 bridgehead atoms. The number of benzene rings is 1. The molecule has 3 aromatic rings. The Morgan fingerprint density at radius 1 is 1.07 bits per heavy atom. The molecular formula is C17H15Cl3N4O5. The van der Waals surface area contributed by atoms with E-state index in [1.165, 1.54) is 41.7 Å². The van der Waals surface area contributed by atoms with Gasteiger partial charge in [0.05, 0.1) is 27.9 Å². The van der Waals surface area contributed by atoms with E-state index in [9.17, 15) is 14.4 Å². The maximum absolute atomic E-state index is 12.4. The largest absolute Gasteiger partial charge is 0.480 e. The van der Waals surface area contributed by atoms with Crippen LogP contribution < -0.4 is 16.0 Å². The Morgan fingerprint density at radius 2 is 1.76 bits per heavy atom. The monoisotopic (exact) mass is 460 g/mol. The standard InChI is InChI=1S/C17H15Cl3N4O5/c1-22-15-14(16(26)23(2)17(22)27)24(8-21-15)3-4-28-13(25)7-29-12-6-10(19)9(18)5-11(12)20/h5-6,8H,3-4,7H2,1-2H3. The third kappa shape index (κ3) is 4.26. The molecule has 0 aliphatic carbocycles. The smallest absolute Gasteiger partial charge is 0.344 e. The Balaban J connectivity index is 1.62. The Hall–Kier alpha value is -2.49. The quantitative estimate of drug-likeness (QED) is 0.411. The number of esters is 1. The molecule has 29 heavy (non-hydrogen) atoms. The molecule has 2 heterocycles. The normalized spacial score (nSPS) is 11.1. The fourth-order valence-electron chi connectivity index (χ4n) is 2.62. The highest BCUT2D eigenvalue weighted by molar-refractivity contribution is 6.43. The summed E-state index contributed by atoms with van der Waals surface area (Å²) in [4.78, 5) is 40.3. The first-order valence-electron chi connectivity index (χ1n) is 8.24. The van der Waals surface area contributed by atoms with E-state index in [4.69, 9.17) is 44.3 Å². The fourth-order valence-corrected chi connectivity index (χ4v) is 3.21. The minimum Gasteiger partial charge on any atom is -0.480 e. The van der Waals surface area contributed by atoms with Crippen molar-refractivity contribution in [2.24, 2.45) is 14.1 Å². The minimum atomic E-state index is -0.642. The average Bonchev–Trinajstić information content (AvgIpc) is 3.10. The fraction of sp³-hybridized carbons (Fsp3) is 0.294. The van der Waals surface area contributed by atoms with E-state index in [-0.39, 0.29) is 45.1 Å². The van der Waals surface area contributed by atoms with Crippen LogP contribution in [0.3, 0.4) is 0 Å². The van der Waals surface area contributed by atoms with Crippen molar-refractivity contribution in [2.75, 3.05) is 13.2 Å². The molecule has 0 atom stereocenters. The van der Waals surface area contributed by atoms with Crippen molar-refractivity contribution in [1.29, 1.82) is 0 Å². The molecule has 154 valence electrons. The minimum absolute atomic E-state index is 0.0330.